The molecule has 1 saturated carbocycles. The summed E-state index contributed by atoms with van der Waals surface area (Å²) in [7, 11) is 1.74. The van der Waals surface area contributed by atoms with Crippen molar-refractivity contribution < 1.29 is 14.3 Å². The third-order valence-corrected chi connectivity index (χ3v) is 4.60. The van der Waals surface area contributed by atoms with Crippen molar-refractivity contribution in [3.63, 3.8) is 0 Å². The molecule has 0 aromatic carbocycles. The fraction of sp³-hybridized carbons (Fsp3) is 0.625. The van der Waals surface area contributed by atoms with E-state index in [1.54, 1.807) is 13.3 Å². The zero-order valence-corrected chi connectivity index (χ0v) is 12.6. The molecule has 114 valence electrons. The van der Waals surface area contributed by atoms with E-state index in [9.17, 15) is 4.79 Å². The van der Waals surface area contributed by atoms with Crippen LogP contribution in [0.5, 0.6) is 0 Å². The van der Waals surface area contributed by atoms with Gasteiger partial charge in [0, 0.05) is 25.5 Å². The van der Waals surface area contributed by atoms with Crippen molar-refractivity contribution in [2.24, 2.45) is 0 Å². The highest BCUT2D eigenvalue weighted by Gasteiger charge is 2.40. The molecule has 2 heterocycles. The molecule has 2 aliphatic rings. The number of aryl methyl sites for hydroxylation is 1. The van der Waals surface area contributed by atoms with Gasteiger partial charge in [-0.3, -0.25) is 9.78 Å². The summed E-state index contributed by atoms with van der Waals surface area (Å²) in [6, 6.07) is 3.78. The van der Waals surface area contributed by atoms with E-state index in [-0.39, 0.29) is 24.2 Å². The smallest absolute Gasteiger partial charge is 0.256 e. The van der Waals surface area contributed by atoms with Gasteiger partial charge in [-0.25, -0.2) is 0 Å². The molecule has 0 unspecified atom stereocenters. The van der Waals surface area contributed by atoms with Crippen molar-refractivity contribution in [1.29, 1.82) is 0 Å². The number of methoxy groups -OCH3 is 1. The summed E-state index contributed by atoms with van der Waals surface area (Å²) in [4.78, 5) is 19.0. The average Bonchev–Trinajstić information content (AvgIpc) is 2.53. The van der Waals surface area contributed by atoms with Gasteiger partial charge in [-0.15, -0.1) is 0 Å². The Bertz CT molecular complexity index is 520. The third kappa shape index (κ3) is 2.80. The van der Waals surface area contributed by atoms with Crippen LogP contribution >= 0.6 is 0 Å². The second kappa shape index (κ2) is 6.12. The minimum atomic E-state index is 0.0654. The molecule has 1 aliphatic carbocycles. The number of aromatic nitrogens is 1. The maximum atomic E-state index is 12.9. The Balaban J connectivity index is 1.83. The minimum absolute atomic E-state index is 0.0654. The van der Waals surface area contributed by atoms with Gasteiger partial charge in [-0.2, -0.15) is 0 Å². The van der Waals surface area contributed by atoms with E-state index in [1.807, 2.05) is 24.0 Å². The van der Waals surface area contributed by atoms with Crippen LogP contribution in [0.1, 0.15) is 35.3 Å². The van der Waals surface area contributed by atoms with Gasteiger partial charge in [0.05, 0.1) is 30.4 Å². The number of hydrogen-bond acceptors (Lipinski definition) is 4. The number of carbonyl (C=O) groups excluding carboxylic acids is 1. The van der Waals surface area contributed by atoms with Crippen LogP contribution in [0, 0.1) is 6.92 Å². The minimum Gasteiger partial charge on any atom is -0.381 e. The Labute approximate surface area is 125 Å². The summed E-state index contributed by atoms with van der Waals surface area (Å²) in [6.45, 7) is 3.14. The fourth-order valence-corrected chi connectivity index (χ4v) is 3.40. The number of ether oxygens (including phenoxy) is 2. The molecule has 3 rings (SSSR count). The number of hydrogen-bond donors (Lipinski definition) is 0. The number of morpholine rings is 1. The van der Waals surface area contributed by atoms with Crippen LogP contribution in [0.3, 0.4) is 0 Å². The summed E-state index contributed by atoms with van der Waals surface area (Å²) < 4.78 is 11.3. The molecule has 0 radical (unpaired) electrons. The predicted molar refractivity (Wildman–Crippen MR) is 78.2 cm³/mol. The quantitative estimate of drug-likeness (QED) is 0.833. The standard InChI is InChI=1S/C16H22N2O3/c1-11-13(4-3-7-17-11)16(19)18-8-9-21-15-6-5-12(20-2)10-14(15)18/h3-4,7,12,14-15H,5-6,8-10H2,1-2H3/t12-,14-,15-/m1/s1. The van der Waals surface area contributed by atoms with Crippen LogP contribution in [0.25, 0.3) is 0 Å². The van der Waals surface area contributed by atoms with E-state index < -0.39 is 0 Å². The molecule has 1 saturated heterocycles. The van der Waals surface area contributed by atoms with Crippen molar-refractivity contribution in [2.75, 3.05) is 20.3 Å². The number of fused-ring (bicyclic) bond motifs is 1. The summed E-state index contributed by atoms with van der Waals surface area (Å²) in [5.74, 6) is 0.0654. The Morgan fingerprint density at radius 1 is 1.48 bits per heavy atom. The number of carbonyl (C=O) groups is 1. The van der Waals surface area contributed by atoms with Crippen LogP contribution < -0.4 is 0 Å². The van der Waals surface area contributed by atoms with Gasteiger partial charge in [0.1, 0.15) is 0 Å². The van der Waals surface area contributed by atoms with E-state index in [2.05, 4.69) is 4.98 Å². The predicted octanol–water partition coefficient (Wildman–Crippen LogP) is 1.80. The first-order valence-corrected chi connectivity index (χ1v) is 7.57. The highest BCUT2D eigenvalue weighted by atomic mass is 16.5. The molecular weight excluding hydrogens is 268 g/mol. The van der Waals surface area contributed by atoms with E-state index in [1.165, 1.54) is 0 Å². The van der Waals surface area contributed by atoms with Gasteiger partial charge < -0.3 is 14.4 Å². The maximum absolute atomic E-state index is 12.9. The average molecular weight is 290 g/mol. The Morgan fingerprint density at radius 2 is 2.33 bits per heavy atom. The molecule has 0 bridgehead atoms. The summed E-state index contributed by atoms with van der Waals surface area (Å²) >= 11 is 0. The van der Waals surface area contributed by atoms with Gasteiger partial charge >= 0.3 is 0 Å². The lowest BCUT2D eigenvalue weighted by molar-refractivity contribution is -0.101. The van der Waals surface area contributed by atoms with Gasteiger partial charge in [-0.1, -0.05) is 0 Å². The normalized spacial score (nSPS) is 29.0. The first-order valence-electron chi connectivity index (χ1n) is 7.57. The molecule has 21 heavy (non-hydrogen) atoms. The molecule has 0 spiro atoms. The molecule has 2 fully saturated rings. The molecule has 1 aromatic rings. The number of rotatable bonds is 2. The first-order chi connectivity index (χ1) is 10.2. The molecule has 3 atom stereocenters. The van der Waals surface area contributed by atoms with Gasteiger partial charge in [0.15, 0.2) is 0 Å². The first kappa shape index (κ1) is 14.5. The van der Waals surface area contributed by atoms with Crippen LogP contribution in [0.15, 0.2) is 18.3 Å². The maximum Gasteiger partial charge on any atom is 0.256 e. The molecule has 5 nitrogen and oxygen atoms in total. The third-order valence-electron chi connectivity index (χ3n) is 4.60. The van der Waals surface area contributed by atoms with Crippen LogP contribution in [0.2, 0.25) is 0 Å². The van der Waals surface area contributed by atoms with E-state index >= 15 is 0 Å². The van der Waals surface area contributed by atoms with Gasteiger partial charge in [0.25, 0.3) is 5.91 Å². The number of pyridine rings is 1. The molecule has 0 N–H and O–H groups in total. The van der Waals surface area contributed by atoms with Crippen molar-refractivity contribution in [3.05, 3.63) is 29.6 Å². The lowest BCUT2D eigenvalue weighted by Crippen LogP contribution is -2.57. The lowest BCUT2D eigenvalue weighted by Gasteiger charge is -2.45. The monoisotopic (exact) mass is 290 g/mol. The molecule has 1 aliphatic heterocycles. The van der Waals surface area contributed by atoms with Gasteiger partial charge in [0.2, 0.25) is 0 Å². The Morgan fingerprint density at radius 3 is 3.10 bits per heavy atom. The molecule has 1 amide bonds. The lowest BCUT2D eigenvalue weighted by atomic mass is 9.87. The SMILES string of the molecule is CO[C@@H]1CC[C@H]2OCCN(C(=O)c3cccnc3C)[C@@H]2C1. The fourth-order valence-electron chi connectivity index (χ4n) is 3.40. The topological polar surface area (TPSA) is 51.7 Å². The van der Waals surface area contributed by atoms with Crippen molar-refractivity contribution in [3.8, 4) is 0 Å². The summed E-state index contributed by atoms with van der Waals surface area (Å²) in [6.07, 6.45) is 4.90. The number of amides is 1. The van der Waals surface area contributed by atoms with Crippen LogP contribution in [0.4, 0.5) is 0 Å². The van der Waals surface area contributed by atoms with E-state index in [0.29, 0.717) is 18.7 Å². The molecule has 1 aromatic heterocycles. The molecule has 5 heteroatoms. The summed E-state index contributed by atoms with van der Waals surface area (Å²) in [5.41, 5.74) is 1.47. The van der Waals surface area contributed by atoms with E-state index in [4.69, 9.17) is 9.47 Å². The summed E-state index contributed by atoms with van der Waals surface area (Å²) in [5, 5.41) is 0. The highest BCUT2D eigenvalue weighted by Crippen LogP contribution is 2.31. The van der Waals surface area contributed by atoms with Crippen LogP contribution in [-0.2, 0) is 9.47 Å². The largest absolute Gasteiger partial charge is 0.381 e. The second-order valence-electron chi connectivity index (χ2n) is 5.78. The highest BCUT2D eigenvalue weighted by molar-refractivity contribution is 5.95. The van der Waals surface area contributed by atoms with Gasteiger partial charge in [-0.05, 0) is 38.3 Å². The zero-order valence-electron chi connectivity index (χ0n) is 12.6. The zero-order chi connectivity index (χ0) is 14.8. The second-order valence-corrected chi connectivity index (χ2v) is 5.78. The Hall–Kier alpha value is -1.46. The van der Waals surface area contributed by atoms with Crippen molar-refractivity contribution in [1.82, 2.24) is 9.88 Å². The van der Waals surface area contributed by atoms with Crippen molar-refractivity contribution in [2.45, 2.75) is 44.4 Å². The molecular formula is C16H22N2O3. The van der Waals surface area contributed by atoms with Crippen molar-refractivity contribution >= 4 is 5.91 Å². The number of nitrogens with zero attached hydrogens (tertiary/aromatic N) is 2. The van der Waals surface area contributed by atoms with E-state index in [0.717, 1.165) is 25.0 Å². The Kier molecular flexibility index (Phi) is 4.22. The van der Waals surface area contributed by atoms with Crippen LogP contribution in [-0.4, -0.2) is 54.3 Å².